The van der Waals surface area contributed by atoms with Gasteiger partial charge in [0.15, 0.2) is 0 Å². The summed E-state index contributed by atoms with van der Waals surface area (Å²) >= 11 is 1.05. The third-order valence-electron chi connectivity index (χ3n) is 2.81. The fourth-order valence-electron chi connectivity index (χ4n) is 1.31. The van der Waals surface area contributed by atoms with Crippen LogP contribution in [0.15, 0.2) is 18.2 Å². The van der Waals surface area contributed by atoms with Crippen LogP contribution in [0.1, 0.15) is 25.0 Å². The molecule has 0 fully saturated rings. The summed E-state index contributed by atoms with van der Waals surface area (Å²) in [7, 11) is 0. The molecule has 1 rings (SSSR count). The molecule has 0 aliphatic heterocycles. The number of halogens is 1. The van der Waals surface area contributed by atoms with E-state index in [9.17, 15) is 14.0 Å². The summed E-state index contributed by atoms with van der Waals surface area (Å²) in [5.74, 6) is -1.49. The van der Waals surface area contributed by atoms with Crippen molar-refractivity contribution in [2.75, 3.05) is 5.75 Å². The molecule has 0 atom stereocenters. The standard InChI is InChI=1S/C14H18FNO3S/c1-9-4-5-10(6-11(9)15)7-16-12(17)8-20-14(2,3)13(18)19/h4-6H,7-8H2,1-3H3,(H,16,17)(H,18,19). The number of thioether (sulfide) groups is 1. The third-order valence-corrected chi connectivity index (χ3v) is 4.11. The van der Waals surface area contributed by atoms with Gasteiger partial charge in [0, 0.05) is 6.54 Å². The van der Waals surface area contributed by atoms with E-state index in [0.29, 0.717) is 11.1 Å². The molecule has 0 saturated heterocycles. The van der Waals surface area contributed by atoms with Gasteiger partial charge in [-0.15, -0.1) is 11.8 Å². The van der Waals surface area contributed by atoms with Crippen molar-refractivity contribution in [2.45, 2.75) is 32.1 Å². The van der Waals surface area contributed by atoms with Crippen LogP contribution in [0.4, 0.5) is 4.39 Å². The molecule has 0 saturated carbocycles. The van der Waals surface area contributed by atoms with E-state index in [0.717, 1.165) is 11.8 Å². The number of rotatable bonds is 6. The molecule has 0 spiro atoms. The average molecular weight is 299 g/mol. The first-order valence-electron chi connectivity index (χ1n) is 6.11. The van der Waals surface area contributed by atoms with E-state index in [1.807, 2.05) is 0 Å². The van der Waals surface area contributed by atoms with E-state index < -0.39 is 10.7 Å². The Bertz CT molecular complexity index is 517. The van der Waals surface area contributed by atoms with Gasteiger partial charge in [-0.25, -0.2) is 4.39 Å². The molecule has 20 heavy (non-hydrogen) atoms. The van der Waals surface area contributed by atoms with Crippen molar-refractivity contribution in [2.24, 2.45) is 0 Å². The minimum Gasteiger partial charge on any atom is -0.480 e. The van der Waals surface area contributed by atoms with Crippen LogP contribution in [-0.2, 0) is 16.1 Å². The molecular formula is C14H18FNO3S. The molecule has 0 heterocycles. The molecule has 110 valence electrons. The maximum absolute atomic E-state index is 13.3. The minimum absolute atomic E-state index is 0.0492. The summed E-state index contributed by atoms with van der Waals surface area (Å²) in [5.41, 5.74) is 1.22. The van der Waals surface area contributed by atoms with Crippen LogP contribution in [0.25, 0.3) is 0 Å². The fourth-order valence-corrected chi connectivity index (χ4v) is 2.02. The lowest BCUT2D eigenvalue weighted by molar-refractivity contribution is -0.138. The van der Waals surface area contributed by atoms with Crippen LogP contribution >= 0.6 is 11.8 Å². The molecule has 1 aromatic carbocycles. The van der Waals surface area contributed by atoms with Gasteiger partial charge in [-0.2, -0.15) is 0 Å². The number of carbonyl (C=O) groups is 2. The molecule has 0 aliphatic rings. The monoisotopic (exact) mass is 299 g/mol. The zero-order chi connectivity index (χ0) is 15.3. The molecule has 2 N–H and O–H groups in total. The van der Waals surface area contributed by atoms with E-state index in [2.05, 4.69) is 5.32 Å². The number of carboxylic acid groups (broad SMARTS) is 1. The zero-order valence-electron chi connectivity index (χ0n) is 11.7. The van der Waals surface area contributed by atoms with Gasteiger partial charge in [-0.1, -0.05) is 12.1 Å². The Kier molecular flexibility index (Phi) is 5.56. The number of hydrogen-bond acceptors (Lipinski definition) is 3. The Labute approximate surface area is 121 Å². The van der Waals surface area contributed by atoms with Gasteiger partial charge in [-0.05, 0) is 38.0 Å². The zero-order valence-corrected chi connectivity index (χ0v) is 12.5. The molecular weight excluding hydrogens is 281 g/mol. The smallest absolute Gasteiger partial charge is 0.319 e. The number of carbonyl (C=O) groups excluding carboxylic acids is 1. The van der Waals surface area contributed by atoms with E-state index >= 15 is 0 Å². The quantitative estimate of drug-likeness (QED) is 0.846. The highest BCUT2D eigenvalue weighted by Gasteiger charge is 2.28. The van der Waals surface area contributed by atoms with Gasteiger partial charge in [-0.3, -0.25) is 9.59 Å². The highest BCUT2D eigenvalue weighted by molar-refractivity contribution is 8.01. The Morgan fingerprint density at radius 1 is 1.40 bits per heavy atom. The second kappa shape index (κ2) is 6.74. The first-order valence-corrected chi connectivity index (χ1v) is 7.10. The predicted octanol–water partition coefficient (Wildman–Crippen LogP) is 2.35. The summed E-state index contributed by atoms with van der Waals surface area (Å²) in [6, 6.07) is 4.77. The van der Waals surface area contributed by atoms with E-state index in [1.54, 1.807) is 32.9 Å². The molecule has 0 radical (unpaired) electrons. The number of carboxylic acids is 1. The Morgan fingerprint density at radius 2 is 2.05 bits per heavy atom. The number of benzene rings is 1. The number of amides is 1. The lowest BCUT2D eigenvalue weighted by Crippen LogP contribution is -2.32. The maximum atomic E-state index is 13.3. The minimum atomic E-state index is -1.01. The van der Waals surface area contributed by atoms with Crippen LogP contribution in [0.2, 0.25) is 0 Å². The van der Waals surface area contributed by atoms with Crippen LogP contribution in [0.3, 0.4) is 0 Å². The van der Waals surface area contributed by atoms with Crippen LogP contribution in [-0.4, -0.2) is 27.5 Å². The highest BCUT2D eigenvalue weighted by Crippen LogP contribution is 2.24. The average Bonchev–Trinajstić information content (AvgIpc) is 2.37. The second-order valence-corrected chi connectivity index (χ2v) is 6.56. The number of nitrogens with one attached hydrogen (secondary N) is 1. The molecule has 0 aliphatic carbocycles. The van der Waals surface area contributed by atoms with Crippen molar-refractivity contribution in [1.29, 1.82) is 0 Å². The first-order chi connectivity index (χ1) is 9.22. The van der Waals surface area contributed by atoms with Crippen LogP contribution < -0.4 is 5.32 Å². The van der Waals surface area contributed by atoms with Gasteiger partial charge in [0.1, 0.15) is 10.6 Å². The van der Waals surface area contributed by atoms with Crippen LogP contribution in [0, 0.1) is 12.7 Å². The molecule has 1 aromatic rings. The Balaban J connectivity index is 2.44. The first kappa shape index (κ1) is 16.5. The number of aliphatic carboxylic acids is 1. The van der Waals surface area contributed by atoms with Crippen molar-refractivity contribution in [3.63, 3.8) is 0 Å². The molecule has 6 heteroatoms. The van der Waals surface area contributed by atoms with Crippen molar-refractivity contribution >= 4 is 23.6 Å². The summed E-state index contributed by atoms with van der Waals surface area (Å²) in [6.45, 7) is 4.98. The second-order valence-electron chi connectivity index (χ2n) is 4.96. The largest absolute Gasteiger partial charge is 0.480 e. The molecule has 0 unspecified atom stereocenters. The lowest BCUT2D eigenvalue weighted by Gasteiger charge is -2.17. The topological polar surface area (TPSA) is 66.4 Å². The number of hydrogen-bond donors (Lipinski definition) is 2. The molecule has 0 bridgehead atoms. The summed E-state index contributed by atoms with van der Waals surface area (Å²) < 4.78 is 12.3. The summed E-state index contributed by atoms with van der Waals surface area (Å²) in [5, 5.41) is 11.6. The van der Waals surface area contributed by atoms with Gasteiger partial charge in [0.25, 0.3) is 0 Å². The predicted molar refractivity (Wildman–Crippen MR) is 77.2 cm³/mol. The van der Waals surface area contributed by atoms with Crippen molar-refractivity contribution < 1.29 is 19.1 Å². The Hall–Kier alpha value is -1.56. The van der Waals surface area contributed by atoms with Crippen molar-refractivity contribution in [3.05, 3.63) is 35.1 Å². The molecule has 4 nitrogen and oxygen atoms in total. The van der Waals surface area contributed by atoms with Gasteiger partial charge < -0.3 is 10.4 Å². The summed E-state index contributed by atoms with van der Waals surface area (Å²) in [6.07, 6.45) is 0. The normalized spacial score (nSPS) is 11.2. The van der Waals surface area contributed by atoms with Crippen LogP contribution in [0.5, 0.6) is 0 Å². The summed E-state index contributed by atoms with van der Waals surface area (Å²) in [4.78, 5) is 22.5. The van der Waals surface area contributed by atoms with E-state index in [1.165, 1.54) is 6.07 Å². The number of aryl methyl sites for hydroxylation is 1. The van der Waals surface area contributed by atoms with E-state index in [4.69, 9.17) is 5.11 Å². The third kappa shape index (κ3) is 4.85. The fraction of sp³-hybridized carbons (Fsp3) is 0.429. The maximum Gasteiger partial charge on any atom is 0.319 e. The van der Waals surface area contributed by atoms with Crippen molar-refractivity contribution in [3.8, 4) is 0 Å². The lowest BCUT2D eigenvalue weighted by atomic mass is 10.1. The highest BCUT2D eigenvalue weighted by atomic mass is 32.2. The van der Waals surface area contributed by atoms with Gasteiger partial charge in [0.2, 0.25) is 5.91 Å². The van der Waals surface area contributed by atoms with Crippen molar-refractivity contribution in [1.82, 2.24) is 5.32 Å². The molecule has 1 amide bonds. The van der Waals surface area contributed by atoms with Gasteiger partial charge >= 0.3 is 5.97 Å². The van der Waals surface area contributed by atoms with Gasteiger partial charge in [0.05, 0.1) is 5.75 Å². The van der Waals surface area contributed by atoms with E-state index in [-0.39, 0.29) is 24.0 Å². The Morgan fingerprint density at radius 3 is 2.60 bits per heavy atom. The SMILES string of the molecule is Cc1ccc(CNC(=O)CSC(C)(C)C(=O)O)cc1F. The molecule has 0 aromatic heterocycles.